The first-order chi connectivity index (χ1) is 22.2. The lowest BCUT2D eigenvalue weighted by Crippen LogP contribution is -2.31. The minimum atomic E-state index is -1.27. The maximum Gasteiger partial charge on any atom is 0.327 e. The molecule has 0 aliphatic heterocycles. The molecule has 2 aromatic heterocycles. The molecule has 4 rings (SSSR count). The second-order valence-corrected chi connectivity index (χ2v) is 10.6. The van der Waals surface area contributed by atoms with E-state index in [2.05, 4.69) is 15.0 Å². The number of imidazole rings is 1. The van der Waals surface area contributed by atoms with E-state index < -0.39 is 24.3 Å². The molecule has 2 heterocycles. The molecule has 0 radical (unpaired) electrons. The summed E-state index contributed by atoms with van der Waals surface area (Å²) in [6, 6.07) is 9.16. The molecular formula is C31H36N10O6. The number of benzene rings is 2. The number of ether oxygens (including phenoxy) is 2. The van der Waals surface area contributed by atoms with E-state index in [-0.39, 0.29) is 69.2 Å². The zero-order valence-corrected chi connectivity index (χ0v) is 26.6. The zero-order valence-electron chi connectivity index (χ0n) is 26.6. The average molecular weight is 645 g/mol. The number of amides is 4. The number of hydrogen-bond acceptors (Lipinski definition) is 10. The van der Waals surface area contributed by atoms with Crippen LogP contribution >= 0.6 is 0 Å². The topological polar surface area (TPSA) is 239 Å². The number of aromatic nitrogens is 4. The molecule has 4 amide bonds. The van der Waals surface area contributed by atoms with Crippen molar-refractivity contribution in [3.8, 4) is 23.4 Å². The fourth-order valence-corrected chi connectivity index (χ4v) is 4.83. The monoisotopic (exact) mass is 644 g/mol. The zero-order chi connectivity index (χ0) is 34.6. The molecule has 0 saturated heterocycles. The molecule has 7 N–H and O–H groups in total. The molecule has 0 fully saturated rings. The summed E-state index contributed by atoms with van der Waals surface area (Å²) >= 11 is 0. The number of rotatable bonds is 13. The fraction of sp³-hybridized carbons (Fsp3) is 0.290. The van der Waals surface area contributed by atoms with E-state index in [4.69, 9.17) is 32.1 Å². The van der Waals surface area contributed by atoms with E-state index >= 15 is 0 Å². The summed E-state index contributed by atoms with van der Waals surface area (Å²) in [6.07, 6.45) is -0.449. The molecule has 2 aromatic carbocycles. The lowest BCUT2D eigenvalue weighted by atomic mass is 10.1. The van der Waals surface area contributed by atoms with Crippen LogP contribution in [0.25, 0.3) is 11.2 Å². The second kappa shape index (κ2) is 13.9. The van der Waals surface area contributed by atoms with Crippen molar-refractivity contribution in [3.63, 3.8) is 0 Å². The van der Waals surface area contributed by atoms with Gasteiger partial charge in [-0.3, -0.25) is 29.2 Å². The standard InChI is InChI=1S/C31H36N10O6/c1-6-40(7-2)30(45)20-12-11-17(25(33)34)14-22(20)47-31-37-27-24(36-16(3)41(27)21(26(35)43)15-23(32)42)28(38-31)46-19-10-8-9-18(13-19)29(44)39(4)5/h8-14,21H,6-7,15H2,1-5H3,(H2,32,42)(H3,33,34)(H2,35,43). The average Bonchev–Trinajstić information content (AvgIpc) is 3.35. The van der Waals surface area contributed by atoms with Crippen molar-refractivity contribution < 1.29 is 28.7 Å². The molecule has 1 unspecified atom stereocenters. The summed E-state index contributed by atoms with van der Waals surface area (Å²) < 4.78 is 13.6. The molecule has 0 spiro atoms. The number of fused-ring (bicyclic) bond motifs is 1. The van der Waals surface area contributed by atoms with Gasteiger partial charge in [-0.1, -0.05) is 12.1 Å². The van der Waals surface area contributed by atoms with Crippen LogP contribution in [0.1, 0.15) is 58.4 Å². The molecule has 4 aromatic rings. The first kappa shape index (κ1) is 33.8. The molecule has 0 bridgehead atoms. The Hall–Kier alpha value is -6.06. The minimum Gasteiger partial charge on any atom is -0.437 e. The Kier molecular flexibility index (Phi) is 10.0. The third-order valence-electron chi connectivity index (χ3n) is 7.17. The normalized spacial score (nSPS) is 11.5. The third-order valence-corrected chi connectivity index (χ3v) is 7.17. The van der Waals surface area contributed by atoms with Crippen molar-refractivity contribution in [1.29, 1.82) is 5.41 Å². The third kappa shape index (κ3) is 7.27. The Labute approximate surface area is 270 Å². The van der Waals surface area contributed by atoms with Gasteiger partial charge in [0, 0.05) is 38.3 Å². The molecule has 16 nitrogen and oxygen atoms in total. The van der Waals surface area contributed by atoms with E-state index in [1.807, 2.05) is 13.8 Å². The highest BCUT2D eigenvalue weighted by Gasteiger charge is 2.29. The van der Waals surface area contributed by atoms with Crippen LogP contribution in [0, 0.1) is 12.3 Å². The van der Waals surface area contributed by atoms with Crippen LogP contribution in [0.2, 0.25) is 0 Å². The number of carbonyl (C=O) groups is 4. The largest absolute Gasteiger partial charge is 0.437 e. The van der Waals surface area contributed by atoms with Gasteiger partial charge in [0.05, 0.1) is 12.0 Å². The van der Waals surface area contributed by atoms with Gasteiger partial charge in [0.25, 0.3) is 17.7 Å². The summed E-state index contributed by atoms with van der Waals surface area (Å²) in [6.45, 7) is 6.07. The van der Waals surface area contributed by atoms with Crippen molar-refractivity contribution in [1.82, 2.24) is 29.3 Å². The van der Waals surface area contributed by atoms with Crippen molar-refractivity contribution in [3.05, 3.63) is 65.0 Å². The van der Waals surface area contributed by atoms with Crippen LogP contribution in [0.3, 0.4) is 0 Å². The van der Waals surface area contributed by atoms with Crippen LogP contribution in [-0.2, 0) is 9.59 Å². The van der Waals surface area contributed by atoms with Gasteiger partial charge >= 0.3 is 6.01 Å². The molecular weight excluding hydrogens is 608 g/mol. The SMILES string of the molecule is CCN(CC)C(=O)c1ccc(C(=N)N)cc1Oc1nc(Oc2cccc(C(=O)N(C)C)c2)c2nc(C)n(C(CC(N)=O)C(N)=O)c2n1. The summed E-state index contributed by atoms with van der Waals surface area (Å²) in [5.74, 6) is -2.24. The summed E-state index contributed by atoms with van der Waals surface area (Å²) in [5, 5.41) is 7.92. The maximum atomic E-state index is 13.4. The lowest BCUT2D eigenvalue weighted by Gasteiger charge is -2.20. The highest BCUT2D eigenvalue weighted by atomic mass is 16.5. The van der Waals surface area contributed by atoms with E-state index in [1.54, 1.807) is 44.1 Å². The number of nitrogens with zero attached hydrogens (tertiary/aromatic N) is 6. The highest BCUT2D eigenvalue weighted by molar-refractivity contribution is 6.00. The van der Waals surface area contributed by atoms with Gasteiger partial charge in [0.1, 0.15) is 29.2 Å². The van der Waals surface area contributed by atoms with Crippen LogP contribution in [0.15, 0.2) is 42.5 Å². The van der Waals surface area contributed by atoms with Gasteiger partial charge in [-0.05, 0) is 51.1 Å². The van der Waals surface area contributed by atoms with Crippen molar-refractivity contribution in [2.75, 3.05) is 27.2 Å². The molecule has 0 aliphatic rings. The van der Waals surface area contributed by atoms with E-state index in [1.165, 1.54) is 33.7 Å². The Balaban J connectivity index is 1.95. The molecule has 16 heteroatoms. The Morgan fingerprint density at radius 1 is 0.915 bits per heavy atom. The smallest absolute Gasteiger partial charge is 0.327 e. The quantitative estimate of drug-likeness (QED) is 0.122. The number of nitrogen functional groups attached to an aromatic ring is 1. The van der Waals surface area contributed by atoms with Gasteiger partial charge in [-0.2, -0.15) is 9.97 Å². The van der Waals surface area contributed by atoms with Gasteiger partial charge in [0.15, 0.2) is 11.2 Å². The van der Waals surface area contributed by atoms with E-state index in [0.717, 1.165) is 0 Å². The van der Waals surface area contributed by atoms with E-state index in [9.17, 15) is 19.2 Å². The fourth-order valence-electron chi connectivity index (χ4n) is 4.83. The number of carbonyl (C=O) groups excluding carboxylic acids is 4. The first-order valence-electron chi connectivity index (χ1n) is 14.5. The minimum absolute atomic E-state index is 0.00687. The van der Waals surface area contributed by atoms with Crippen molar-refractivity contribution in [2.24, 2.45) is 17.2 Å². The predicted octanol–water partition coefficient (Wildman–Crippen LogP) is 2.09. The maximum absolute atomic E-state index is 13.4. The van der Waals surface area contributed by atoms with Crippen LogP contribution in [0.4, 0.5) is 0 Å². The van der Waals surface area contributed by atoms with Crippen LogP contribution in [0.5, 0.6) is 23.4 Å². The highest BCUT2D eigenvalue weighted by Crippen LogP contribution is 2.34. The van der Waals surface area contributed by atoms with Gasteiger partial charge in [-0.15, -0.1) is 0 Å². The molecule has 246 valence electrons. The molecule has 47 heavy (non-hydrogen) atoms. The molecule has 0 aliphatic carbocycles. The number of aryl methyl sites for hydroxylation is 1. The van der Waals surface area contributed by atoms with Crippen LogP contribution < -0.4 is 26.7 Å². The number of hydrogen-bond donors (Lipinski definition) is 4. The number of amidine groups is 1. The summed E-state index contributed by atoms with van der Waals surface area (Å²) in [5.41, 5.74) is 17.7. The first-order valence-corrected chi connectivity index (χ1v) is 14.5. The number of primary amides is 2. The second-order valence-electron chi connectivity index (χ2n) is 10.6. The van der Waals surface area contributed by atoms with Gasteiger partial charge in [0.2, 0.25) is 11.8 Å². The summed E-state index contributed by atoms with van der Waals surface area (Å²) in [7, 11) is 3.23. The lowest BCUT2D eigenvalue weighted by molar-refractivity contribution is -0.126. The van der Waals surface area contributed by atoms with Gasteiger partial charge < -0.3 is 36.5 Å². The van der Waals surface area contributed by atoms with Gasteiger partial charge in [-0.25, -0.2) is 4.98 Å². The molecule has 0 saturated carbocycles. The van der Waals surface area contributed by atoms with Crippen LogP contribution in [-0.4, -0.2) is 86.0 Å². The summed E-state index contributed by atoms with van der Waals surface area (Å²) in [4.78, 5) is 66.9. The Bertz CT molecular complexity index is 1880. The number of nitrogens with one attached hydrogen (secondary N) is 1. The van der Waals surface area contributed by atoms with Crippen molar-refractivity contribution >= 4 is 40.6 Å². The Morgan fingerprint density at radius 3 is 2.21 bits per heavy atom. The molecule has 1 atom stereocenters. The van der Waals surface area contributed by atoms with Crippen molar-refractivity contribution in [2.45, 2.75) is 33.2 Å². The Morgan fingerprint density at radius 2 is 1.62 bits per heavy atom. The van der Waals surface area contributed by atoms with E-state index in [0.29, 0.717) is 18.7 Å². The number of nitrogens with two attached hydrogens (primary N) is 3. The predicted molar refractivity (Wildman–Crippen MR) is 171 cm³/mol.